The molecule has 0 amide bonds. The number of ether oxygens (including phenoxy) is 2. The van der Waals surface area contributed by atoms with E-state index in [4.69, 9.17) is 9.47 Å². The lowest BCUT2D eigenvalue weighted by atomic mass is 10.0. The summed E-state index contributed by atoms with van der Waals surface area (Å²) in [7, 11) is 3.93. The molecule has 108 valence electrons. The normalized spacial score (nSPS) is 20.5. The number of rotatable bonds is 10. The van der Waals surface area contributed by atoms with Gasteiger partial charge in [-0.05, 0) is 45.7 Å². The Balaban J connectivity index is 1.88. The number of hydrogen-bond donors (Lipinski definition) is 1. The van der Waals surface area contributed by atoms with E-state index in [0.29, 0.717) is 6.10 Å². The van der Waals surface area contributed by atoms with Gasteiger partial charge in [-0.15, -0.1) is 0 Å². The number of methoxy groups -OCH3 is 1. The monoisotopic (exact) mass is 258 g/mol. The van der Waals surface area contributed by atoms with Crippen LogP contribution in [0.2, 0.25) is 0 Å². The molecule has 18 heavy (non-hydrogen) atoms. The molecule has 4 nitrogen and oxygen atoms in total. The average Bonchev–Trinajstić information content (AvgIpc) is 2.40. The molecule has 1 atom stereocenters. The molecule has 1 fully saturated rings. The molecule has 0 bridgehead atoms. The van der Waals surface area contributed by atoms with Gasteiger partial charge in [-0.25, -0.2) is 0 Å². The van der Waals surface area contributed by atoms with Crippen LogP contribution < -0.4 is 5.32 Å². The molecule has 4 heteroatoms. The second kappa shape index (κ2) is 10.7. The first-order valence-electron chi connectivity index (χ1n) is 7.32. The maximum Gasteiger partial charge on any atom is 0.0587 e. The first kappa shape index (κ1) is 15.9. The maximum absolute atomic E-state index is 5.74. The Labute approximate surface area is 112 Å². The van der Waals surface area contributed by atoms with Crippen molar-refractivity contribution in [3.63, 3.8) is 0 Å². The Morgan fingerprint density at radius 2 is 2.17 bits per heavy atom. The van der Waals surface area contributed by atoms with Crippen LogP contribution in [0.3, 0.4) is 0 Å². The Hall–Kier alpha value is -0.160. The number of nitrogens with zero attached hydrogens (tertiary/aromatic N) is 1. The number of nitrogens with one attached hydrogen (secondary N) is 1. The van der Waals surface area contributed by atoms with E-state index in [2.05, 4.69) is 17.3 Å². The van der Waals surface area contributed by atoms with E-state index in [0.717, 1.165) is 32.8 Å². The summed E-state index contributed by atoms with van der Waals surface area (Å²) < 4.78 is 10.7. The molecule has 0 saturated carbocycles. The highest BCUT2D eigenvalue weighted by molar-refractivity contribution is 4.65. The van der Waals surface area contributed by atoms with Crippen molar-refractivity contribution in [1.29, 1.82) is 0 Å². The minimum Gasteiger partial charge on any atom is -0.383 e. The van der Waals surface area contributed by atoms with Crippen molar-refractivity contribution in [3.8, 4) is 0 Å². The third-order valence-electron chi connectivity index (χ3n) is 3.49. The van der Waals surface area contributed by atoms with Gasteiger partial charge in [-0.1, -0.05) is 0 Å². The van der Waals surface area contributed by atoms with E-state index >= 15 is 0 Å². The van der Waals surface area contributed by atoms with Crippen molar-refractivity contribution >= 4 is 0 Å². The van der Waals surface area contributed by atoms with Crippen LogP contribution in [0, 0.1) is 0 Å². The fourth-order valence-electron chi connectivity index (χ4n) is 2.30. The van der Waals surface area contributed by atoms with E-state index < -0.39 is 0 Å². The van der Waals surface area contributed by atoms with Gasteiger partial charge >= 0.3 is 0 Å². The smallest absolute Gasteiger partial charge is 0.0587 e. The van der Waals surface area contributed by atoms with Crippen molar-refractivity contribution in [1.82, 2.24) is 10.2 Å². The summed E-state index contributed by atoms with van der Waals surface area (Å²) in [5.41, 5.74) is 0. The summed E-state index contributed by atoms with van der Waals surface area (Å²) in [6, 6.07) is 0. The zero-order chi connectivity index (χ0) is 13.1. The highest BCUT2D eigenvalue weighted by Crippen LogP contribution is 2.16. The molecule has 1 N–H and O–H groups in total. The van der Waals surface area contributed by atoms with Crippen molar-refractivity contribution in [2.24, 2.45) is 0 Å². The summed E-state index contributed by atoms with van der Waals surface area (Å²) in [5.74, 6) is 0. The van der Waals surface area contributed by atoms with E-state index in [1.54, 1.807) is 7.11 Å². The van der Waals surface area contributed by atoms with E-state index in [1.165, 1.54) is 38.6 Å². The van der Waals surface area contributed by atoms with Gasteiger partial charge in [0.15, 0.2) is 0 Å². The van der Waals surface area contributed by atoms with Crippen molar-refractivity contribution < 1.29 is 9.47 Å². The Bertz CT molecular complexity index is 185. The zero-order valence-corrected chi connectivity index (χ0v) is 12.1. The predicted molar refractivity (Wildman–Crippen MR) is 75.1 cm³/mol. The summed E-state index contributed by atoms with van der Waals surface area (Å²) in [5, 5.41) is 3.37. The average molecular weight is 258 g/mol. The maximum atomic E-state index is 5.74. The Morgan fingerprint density at radius 1 is 1.28 bits per heavy atom. The fraction of sp³-hybridized carbons (Fsp3) is 1.00. The highest BCUT2D eigenvalue weighted by atomic mass is 16.5. The molecule has 1 unspecified atom stereocenters. The van der Waals surface area contributed by atoms with Crippen molar-refractivity contribution in [3.05, 3.63) is 0 Å². The molecule has 0 aromatic rings. The molecule has 1 rings (SSSR count). The largest absolute Gasteiger partial charge is 0.383 e. The van der Waals surface area contributed by atoms with Crippen LogP contribution in [0.15, 0.2) is 0 Å². The summed E-state index contributed by atoms with van der Waals surface area (Å²) in [6.45, 7) is 6.04. The third-order valence-corrected chi connectivity index (χ3v) is 3.49. The van der Waals surface area contributed by atoms with Crippen LogP contribution in [0.1, 0.15) is 32.1 Å². The second-order valence-corrected chi connectivity index (χ2v) is 5.18. The van der Waals surface area contributed by atoms with Gasteiger partial charge in [0, 0.05) is 33.4 Å². The second-order valence-electron chi connectivity index (χ2n) is 5.18. The highest BCUT2D eigenvalue weighted by Gasteiger charge is 2.13. The van der Waals surface area contributed by atoms with Gasteiger partial charge in [0.2, 0.25) is 0 Å². The van der Waals surface area contributed by atoms with Crippen molar-refractivity contribution in [2.45, 2.75) is 38.2 Å². The summed E-state index contributed by atoms with van der Waals surface area (Å²) in [4.78, 5) is 2.39. The molecule has 0 aromatic heterocycles. The molecule has 0 spiro atoms. The van der Waals surface area contributed by atoms with E-state index in [-0.39, 0.29) is 0 Å². The van der Waals surface area contributed by atoms with Gasteiger partial charge in [0.05, 0.1) is 12.7 Å². The van der Waals surface area contributed by atoms with Gasteiger partial charge < -0.3 is 19.7 Å². The third kappa shape index (κ3) is 8.03. The minimum atomic E-state index is 0.534. The first-order valence-corrected chi connectivity index (χ1v) is 7.32. The lowest BCUT2D eigenvalue weighted by Gasteiger charge is -2.23. The molecular weight excluding hydrogens is 228 g/mol. The fourth-order valence-corrected chi connectivity index (χ4v) is 2.30. The van der Waals surface area contributed by atoms with Gasteiger partial charge in [0.1, 0.15) is 0 Å². The Kier molecular flexibility index (Phi) is 9.48. The predicted octanol–water partition coefficient (Wildman–Crippen LogP) is 1.50. The van der Waals surface area contributed by atoms with Gasteiger partial charge in [0.25, 0.3) is 0 Å². The molecule has 1 aliphatic rings. The quantitative estimate of drug-likeness (QED) is 0.602. The standard InChI is InChI=1S/C14H30N2O2/c1-16(11-8-15-9-13-17-2)10-5-7-14-6-3-4-12-18-14/h14-15H,3-13H2,1-2H3. The van der Waals surface area contributed by atoms with Gasteiger partial charge in [-0.3, -0.25) is 0 Å². The Morgan fingerprint density at radius 3 is 2.89 bits per heavy atom. The van der Waals surface area contributed by atoms with Crippen LogP contribution in [-0.2, 0) is 9.47 Å². The molecular formula is C14H30N2O2. The first-order chi connectivity index (χ1) is 8.83. The SMILES string of the molecule is COCCNCCN(C)CCCC1CCCCO1. The number of likely N-dealkylation sites (N-methyl/N-ethyl adjacent to an activating group) is 1. The molecule has 1 heterocycles. The van der Waals surface area contributed by atoms with Crippen LogP contribution in [0.25, 0.3) is 0 Å². The number of hydrogen-bond acceptors (Lipinski definition) is 4. The van der Waals surface area contributed by atoms with Crippen molar-refractivity contribution in [2.75, 3.05) is 53.6 Å². The van der Waals surface area contributed by atoms with Gasteiger partial charge in [-0.2, -0.15) is 0 Å². The van der Waals surface area contributed by atoms with Crippen LogP contribution >= 0.6 is 0 Å². The lowest BCUT2D eigenvalue weighted by Crippen LogP contribution is -2.32. The minimum absolute atomic E-state index is 0.534. The van der Waals surface area contributed by atoms with Crippen LogP contribution in [0.4, 0.5) is 0 Å². The summed E-state index contributed by atoms with van der Waals surface area (Å²) in [6.07, 6.45) is 6.88. The molecule has 1 saturated heterocycles. The van der Waals surface area contributed by atoms with Crippen LogP contribution in [-0.4, -0.2) is 64.6 Å². The molecule has 0 aromatic carbocycles. The molecule has 0 radical (unpaired) electrons. The molecule has 0 aliphatic carbocycles. The lowest BCUT2D eigenvalue weighted by molar-refractivity contribution is 0.00901. The van der Waals surface area contributed by atoms with E-state index in [9.17, 15) is 0 Å². The van der Waals surface area contributed by atoms with Crippen LogP contribution in [0.5, 0.6) is 0 Å². The topological polar surface area (TPSA) is 33.7 Å². The zero-order valence-electron chi connectivity index (χ0n) is 12.1. The van der Waals surface area contributed by atoms with E-state index in [1.807, 2.05) is 0 Å². The molecule has 1 aliphatic heterocycles. The summed E-state index contributed by atoms with van der Waals surface area (Å²) >= 11 is 0.